The molecule has 14 N–H and O–H groups in total. The summed E-state index contributed by atoms with van der Waals surface area (Å²) in [5.41, 5.74) is 3.01. The normalized spacial score (nSPS) is 22.3. The van der Waals surface area contributed by atoms with Gasteiger partial charge in [0.15, 0.2) is 82.3 Å². The maximum Gasteiger partial charge on any atom is 0.412 e. The molecule has 1 saturated carbocycles. The van der Waals surface area contributed by atoms with E-state index in [9.17, 15) is 67.3 Å². The molecule has 11 heterocycles. The molecule has 0 bridgehead atoms. The number of nitrogens with one attached hydrogen (secondary N) is 11. The number of para-hydroxylation sites is 3. The molecule has 15 atom stereocenters. The van der Waals surface area contributed by atoms with E-state index in [2.05, 4.69) is 103 Å². The van der Waals surface area contributed by atoms with Crippen LogP contribution in [0, 0.1) is 17.6 Å². The van der Waals surface area contributed by atoms with Crippen LogP contribution in [-0.2, 0) is 37.9 Å². The Balaban J connectivity index is 0.000000145. The maximum absolute atomic E-state index is 14.4. The number of aromatic nitrogens is 12. The van der Waals surface area contributed by atoms with Crippen LogP contribution < -0.4 is 63.2 Å². The third kappa shape index (κ3) is 20.3. The summed E-state index contributed by atoms with van der Waals surface area (Å²) in [6.45, 7) is 6.64. The molecule has 12 unspecified atom stereocenters. The van der Waals surface area contributed by atoms with Gasteiger partial charge in [-0.05, 0) is 75.2 Å². The van der Waals surface area contributed by atoms with Crippen molar-refractivity contribution in [2.75, 3.05) is 65.9 Å². The molecule has 6 aromatic heterocycles. The molecular weight excluding hydrogens is 1740 g/mol. The second kappa shape index (κ2) is 40.9. The lowest BCUT2D eigenvalue weighted by atomic mass is 10.1. The van der Waals surface area contributed by atoms with Crippen LogP contribution in [0.2, 0.25) is 0 Å². The predicted molar refractivity (Wildman–Crippen MR) is 464 cm³/mol. The first kappa shape index (κ1) is 90.6. The molecular formula is C87H85F2N23O21. The number of benzene rings is 6. The molecule has 133 heavy (non-hydrogen) atoms. The number of nitrogens with zero attached hydrogens (tertiary/aromatic N) is 12. The zero-order valence-electron chi connectivity index (χ0n) is 70.5. The minimum atomic E-state index is -1.39. The summed E-state index contributed by atoms with van der Waals surface area (Å²) in [6.07, 6.45) is 3.22. The van der Waals surface area contributed by atoms with E-state index in [1.807, 2.05) is 108 Å². The molecule has 44 nitrogen and oxygen atoms in total. The van der Waals surface area contributed by atoms with E-state index >= 15 is 0 Å². The van der Waals surface area contributed by atoms with Gasteiger partial charge in [-0.3, -0.25) is 25.1 Å². The Morgan fingerprint density at radius 2 is 0.805 bits per heavy atom. The van der Waals surface area contributed by atoms with Crippen molar-refractivity contribution in [2.45, 2.75) is 113 Å². The van der Waals surface area contributed by atoms with E-state index < -0.39 is 163 Å². The minimum Gasteiger partial charge on any atom is -0.478 e. The Hall–Kier alpha value is -15.7. The largest absolute Gasteiger partial charge is 0.478 e. The quantitative estimate of drug-likeness (QED) is 0.0253. The lowest BCUT2D eigenvalue weighted by molar-refractivity contribution is -0.146. The maximum atomic E-state index is 14.4. The number of fused-ring (bicyclic) bond motifs is 6. The number of carbonyl (C=O) groups is 9. The highest BCUT2D eigenvalue weighted by molar-refractivity contribution is 6.02. The Morgan fingerprint density at radius 1 is 0.406 bits per heavy atom. The molecule has 5 saturated heterocycles. The van der Waals surface area contributed by atoms with Crippen LogP contribution >= 0.6 is 0 Å². The molecule has 12 aromatic rings. The highest BCUT2D eigenvalue weighted by Gasteiger charge is 2.57. The predicted octanol–water partition coefficient (Wildman–Crippen LogP) is 9.85. The van der Waals surface area contributed by atoms with Crippen LogP contribution in [0.1, 0.15) is 106 Å². The molecule has 18 rings (SSSR count). The van der Waals surface area contributed by atoms with Crippen molar-refractivity contribution in [3.05, 3.63) is 241 Å². The van der Waals surface area contributed by atoms with Gasteiger partial charge < -0.3 is 105 Å². The molecule has 6 aromatic carbocycles. The number of carboxylic acids is 3. The van der Waals surface area contributed by atoms with Crippen LogP contribution in [0.25, 0.3) is 39.6 Å². The zero-order valence-corrected chi connectivity index (χ0v) is 70.5. The average molecular weight is 1830 g/mol. The van der Waals surface area contributed by atoms with Gasteiger partial charge in [-0.1, -0.05) is 121 Å². The van der Waals surface area contributed by atoms with Crippen LogP contribution in [-0.4, -0.2) is 222 Å². The fourth-order valence-electron chi connectivity index (χ4n) is 15.9. The van der Waals surface area contributed by atoms with Gasteiger partial charge in [-0.15, -0.1) is 0 Å². The van der Waals surface area contributed by atoms with Crippen LogP contribution in [0.4, 0.5) is 66.4 Å². The lowest BCUT2D eigenvalue weighted by Crippen LogP contribution is -2.41. The number of halogens is 2. The third-order valence-corrected chi connectivity index (χ3v) is 21.8. The number of ether oxygens (including phenoxy) is 9. The van der Waals surface area contributed by atoms with Gasteiger partial charge in [0.25, 0.3) is 0 Å². The number of aromatic carboxylic acids is 3. The van der Waals surface area contributed by atoms with Gasteiger partial charge in [0.1, 0.15) is 84.7 Å². The monoisotopic (exact) mass is 1830 g/mol. The number of carboxylic acid groups (broad SMARTS) is 3. The topological polar surface area (TPSA) is 561 Å². The van der Waals surface area contributed by atoms with Gasteiger partial charge in [0.2, 0.25) is 0 Å². The number of carbonyl (C=O) groups excluding carboxylic acids is 6. The van der Waals surface area contributed by atoms with Crippen molar-refractivity contribution in [1.82, 2.24) is 90.5 Å². The summed E-state index contributed by atoms with van der Waals surface area (Å²) in [5, 5.41) is 56.7. The molecule has 0 spiro atoms. The molecule has 688 valence electrons. The molecule has 11 amide bonds. The minimum absolute atomic E-state index is 0.0395. The van der Waals surface area contributed by atoms with Gasteiger partial charge in [-0.25, -0.2) is 96.8 Å². The molecule has 5 aliphatic heterocycles. The van der Waals surface area contributed by atoms with Gasteiger partial charge >= 0.3 is 54.2 Å². The van der Waals surface area contributed by atoms with E-state index in [0.717, 1.165) is 28.8 Å². The van der Waals surface area contributed by atoms with Crippen LogP contribution in [0.15, 0.2) is 196 Å². The number of rotatable bonds is 25. The number of amides is 11. The van der Waals surface area contributed by atoms with Crippen molar-refractivity contribution in [1.29, 1.82) is 0 Å². The highest BCUT2D eigenvalue weighted by atomic mass is 19.1. The van der Waals surface area contributed by atoms with Gasteiger partial charge in [0.05, 0.1) is 53.6 Å². The molecule has 46 heteroatoms. The van der Waals surface area contributed by atoms with Gasteiger partial charge in [0, 0.05) is 56.3 Å². The summed E-state index contributed by atoms with van der Waals surface area (Å²) >= 11 is 0. The van der Waals surface area contributed by atoms with Crippen LogP contribution in [0.3, 0.4) is 0 Å². The van der Waals surface area contributed by atoms with Crippen molar-refractivity contribution in [2.24, 2.45) is 5.92 Å². The summed E-state index contributed by atoms with van der Waals surface area (Å²) in [6, 6.07) is 37.9. The average Bonchev–Trinajstić information content (AvgIpc) is 1.55. The van der Waals surface area contributed by atoms with Crippen LogP contribution in [0.5, 0.6) is 5.75 Å². The summed E-state index contributed by atoms with van der Waals surface area (Å²) in [4.78, 5) is 148. The van der Waals surface area contributed by atoms with Crippen molar-refractivity contribution in [3.8, 4) is 5.75 Å². The number of urea groups is 5. The van der Waals surface area contributed by atoms with Crippen molar-refractivity contribution >= 4 is 123 Å². The van der Waals surface area contributed by atoms with E-state index in [-0.39, 0.29) is 65.9 Å². The van der Waals surface area contributed by atoms with E-state index in [1.54, 1.807) is 42.3 Å². The number of imidazole rings is 3. The number of hydrogen-bond acceptors (Lipinski definition) is 27. The van der Waals surface area contributed by atoms with E-state index in [1.165, 1.54) is 74.1 Å². The molecule has 6 aliphatic rings. The Morgan fingerprint density at radius 3 is 1.27 bits per heavy atom. The smallest absolute Gasteiger partial charge is 0.412 e. The summed E-state index contributed by atoms with van der Waals surface area (Å²) in [5.74, 6) is -5.45. The zero-order chi connectivity index (χ0) is 92.9. The second-order valence-corrected chi connectivity index (χ2v) is 30.2. The molecule has 0 radical (unpaired) electrons. The molecule has 6 fully saturated rings. The third-order valence-electron chi connectivity index (χ3n) is 21.8. The van der Waals surface area contributed by atoms with Crippen molar-refractivity contribution < 1.29 is 110 Å². The summed E-state index contributed by atoms with van der Waals surface area (Å²) < 4.78 is 89.7. The Kier molecular flexibility index (Phi) is 27.9. The SMILES string of the molecule is CCNC(=O)Nc1ncnc2c1ncn2C1CC(CNC(=O)Nc2c(F)cccc2C(=O)O)C2O[C@H](/C=C/c3ccccc3)OC21.CCNC(=O)Nc1ncnc2c1ncn2C1OC(CNC(=O)Nc2c(F)cccc2C(=O)O)C2O[C@H](c3ccccc3)OC21.CCNC(=O)Nc1ncnc2c1ncn2C1OC(CNC(=O)Oc2ccccc2C(=O)O)C2O[C@H](c3ccccc3)OC21. The number of anilines is 5. The molecule has 1 aliphatic carbocycles. The summed E-state index contributed by atoms with van der Waals surface area (Å²) in [7, 11) is 0. The first-order chi connectivity index (χ1) is 64.6. The van der Waals surface area contributed by atoms with Gasteiger partial charge in [-0.2, -0.15) is 0 Å². The lowest BCUT2D eigenvalue weighted by Gasteiger charge is -2.22. The fraction of sp³-hybridized carbons (Fsp3) is 0.287. The van der Waals surface area contributed by atoms with E-state index in [0.29, 0.717) is 59.5 Å². The first-order valence-electron chi connectivity index (χ1n) is 41.7. The number of hydrogen-bond donors (Lipinski definition) is 14. The van der Waals surface area contributed by atoms with E-state index in [4.69, 9.17) is 42.6 Å². The van der Waals surface area contributed by atoms with Crippen molar-refractivity contribution in [3.63, 3.8) is 0 Å². The fourth-order valence-corrected chi connectivity index (χ4v) is 15.9. The Labute approximate surface area is 751 Å². The Bertz CT molecular complexity index is 6330. The highest BCUT2D eigenvalue weighted by Crippen LogP contribution is 2.49. The second-order valence-electron chi connectivity index (χ2n) is 30.2. The first-order valence-corrected chi connectivity index (χ1v) is 41.7. The standard InChI is InChI=1S/C31H31FN8O6.C28H27FN8O7.C28H27N7O8/c1-2-33-30(43)39-27-24-28(36-15-35-27)40(16-37-24)21-13-18(14-34-31(44)38-23-19(29(41)42)9-6-10-20(23)32)25-26(21)46-22(45-25)12-11-17-7-4-3-5-8-17;1-2-30-27(40)36-22-19-23(33-12-32-22)37(13-34-19)24-21-20(43-26(44-21)14-7-4-3-5-8-14)17(42-24)11-31-28(41)35-18-15(25(38)39)9-6-10-16(18)29;1-2-29-27(38)34-22-19-23(32-13-31-22)35(14-33-19)24-21-20(42-26(43-21)15-8-4-3-5-9-15)18(40-24)12-30-28(39)41-17-11-7-6-10-16(17)25(36)37/h3-12,15-16,18,21-22,25-26H,2,13-14H2,1H3,(H,41,42)(H2,34,38,44)(H2,33,35,36,39,43);3-10,12-13,17,20-21,24,26H,2,11H2,1H3,(H,38,39)(H2,31,35,41)(H2,30,32,33,36,40);3-11,13-14,18,20-21,24,26H,2,12H2,1H3,(H,30,39)(H,36,37)(H2,29,31,32,34,38)/b12-11+;;/t18?,21?,22-,25?,26?;17?,20?,21?,24?,26-;18?,20?,21?,24?,26-/m000/s1.